The fourth-order valence-electron chi connectivity index (χ4n) is 2.75. The minimum atomic E-state index is -0.515. The van der Waals surface area contributed by atoms with Gasteiger partial charge in [-0.05, 0) is 49.4 Å². The highest BCUT2D eigenvalue weighted by atomic mass is 16.5. The van der Waals surface area contributed by atoms with Crippen molar-refractivity contribution in [2.24, 2.45) is 0 Å². The van der Waals surface area contributed by atoms with Gasteiger partial charge >= 0.3 is 5.97 Å². The first kappa shape index (κ1) is 18.9. The summed E-state index contributed by atoms with van der Waals surface area (Å²) in [5.74, 6) is -0.758. The van der Waals surface area contributed by atoms with E-state index < -0.39 is 5.97 Å². The molecule has 0 unspecified atom stereocenters. The van der Waals surface area contributed by atoms with Crippen LogP contribution in [-0.4, -0.2) is 30.5 Å². The van der Waals surface area contributed by atoms with Crippen LogP contribution >= 0.6 is 0 Å². The van der Waals surface area contributed by atoms with E-state index in [2.05, 4.69) is 21.7 Å². The molecule has 0 bridgehead atoms. The lowest BCUT2D eigenvalue weighted by Gasteiger charge is -2.15. The molecule has 2 N–H and O–H groups in total. The number of nitriles is 1. The zero-order chi connectivity index (χ0) is 20.1. The zero-order valence-corrected chi connectivity index (χ0v) is 15.4. The van der Waals surface area contributed by atoms with Crippen LogP contribution in [0.15, 0.2) is 48.7 Å². The van der Waals surface area contributed by atoms with Crippen LogP contribution in [0.4, 0.5) is 11.4 Å². The van der Waals surface area contributed by atoms with Crippen molar-refractivity contribution in [2.75, 3.05) is 19.0 Å². The van der Waals surface area contributed by atoms with Crippen molar-refractivity contribution >= 4 is 34.2 Å². The molecule has 0 saturated heterocycles. The minimum absolute atomic E-state index is 0.228. The number of ether oxygens (including phenoxy) is 1. The zero-order valence-electron chi connectivity index (χ0n) is 15.4. The molecule has 0 fully saturated rings. The van der Waals surface area contributed by atoms with E-state index in [0.29, 0.717) is 33.4 Å². The highest BCUT2D eigenvalue weighted by Crippen LogP contribution is 2.30. The van der Waals surface area contributed by atoms with Gasteiger partial charge in [0.15, 0.2) is 0 Å². The van der Waals surface area contributed by atoms with Gasteiger partial charge in [-0.3, -0.25) is 9.78 Å². The molecule has 3 aromatic rings. The molecule has 0 aliphatic carbocycles. The summed E-state index contributed by atoms with van der Waals surface area (Å²) in [5, 5.41) is 15.4. The first-order valence-corrected chi connectivity index (χ1v) is 8.66. The average molecular weight is 374 g/mol. The van der Waals surface area contributed by atoms with Gasteiger partial charge in [0.1, 0.15) is 5.56 Å². The Kier molecular flexibility index (Phi) is 5.51. The number of rotatable bonds is 5. The fourth-order valence-corrected chi connectivity index (χ4v) is 2.75. The summed E-state index contributed by atoms with van der Waals surface area (Å²) in [5.41, 5.74) is 3.02. The molecule has 0 saturated carbocycles. The van der Waals surface area contributed by atoms with Crippen LogP contribution in [0, 0.1) is 11.3 Å². The molecule has 7 nitrogen and oxygen atoms in total. The van der Waals surface area contributed by atoms with E-state index in [0.717, 1.165) is 0 Å². The number of pyridine rings is 1. The fraction of sp³-hybridized carbons (Fsp3) is 0.143. The number of carbonyl (C=O) groups excluding carboxylic acids is 2. The van der Waals surface area contributed by atoms with Crippen LogP contribution < -0.4 is 10.6 Å². The topological polar surface area (TPSA) is 104 Å². The van der Waals surface area contributed by atoms with Gasteiger partial charge in [-0.1, -0.05) is 0 Å². The second-order valence-electron chi connectivity index (χ2n) is 5.89. The van der Waals surface area contributed by atoms with Gasteiger partial charge < -0.3 is 15.4 Å². The third kappa shape index (κ3) is 3.76. The molecule has 1 amide bonds. The molecule has 0 spiro atoms. The molecule has 0 aliphatic rings. The number of esters is 1. The molecule has 3 rings (SSSR count). The lowest BCUT2D eigenvalue weighted by molar-refractivity contribution is 0.0527. The van der Waals surface area contributed by atoms with Crippen LogP contribution in [-0.2, 0) is 4.74 Å². The average Bonchev–Trinajstić information content (AvgIpc) is 2.73. The van der Waals surface area contributed by atoms with Crippen LogP contribution in [0.25, 0.3) is 10.9 Å². The van der Waals surface area contributed by atoms with Crippen molar-refractivity contribution in [3.63, 3.8) is 0 Å². The maximum atomic E-state index is 12.5. The van der Waals surface area contributed by atoms with Gasteiger partial charge in [-0.2, -0.15) is 5.26 Å². The van der Waals surface area contributed by atoms with Gasteiger partial charge in [0.25, 0.3) is 5.91 Å². The van der Waals surface area contributed by atoms with Gasteiger partial charge in [-0.25, -0.2) is 4.79 Å². The number of fused-ring (bicyclic) bond motifs is 1. The van der Waals surface area contributed by atoms with Crippen molar-refractivity contribution in [1.29, 1.82) is 5.26 Å². The number of amides is 1. The molecule has 2 aromatic carbocycles. The predicted molar refractivity (Wildman–Crippen MR) is 106 cm³/mol. The molecule has 1 aromatic heterocycles. The van der Waals surface area contributed by atoms with Crippen molar-refractivity contribution in [3.05, 3.63) is 65.4 Å². The SMILES string of the molecule is CCOC(=O)c1cnc2ccc(C(=O)NC)cc2c1Nc1ccc(C#N)cc1. The standard InChI is InChI=1S/C21H18N4O3/c1-3-28-21(27)17-12-24-18-9-6-14(20(26)23-2)10-16(18)19(17)25-15-7-4-13(11-22)5-8-15/h4-10,12H,3H2,1-2H3,(H,23,26)(H,24,25). The molecule has 28 heavy (non-hydrogen) atoms. The molecular weight excluding hydrogens is 356 g/mol. The second kappa shape index (κ2) is 8.18. The molecular formula is C21H18N4O3. The Bertz CT molecular complexity index is 1090. The van der Waals surface area contributed by atoms with E-state index in [9.17, 15) is 9.59 Å². The van der Waals surface area contributed by atoms with Crippen molar-refractivity contribution < 1.29 is 14.3 Å². The molecule has 0 radical (unpaired) electrons. The van der Waals surface area contributed by atoms with E-state index in [4.69, 9.17) is 10.00 Å². The van der Waals surface area contributed by atoms with E-state index in [1.807, 2.05) is 0 Å². The second-order valence-corrected chi connectivity index (χ2v) is 5.89. The molecule has 7 heteroatoms. The van der Waals surface area contributed by atoms with Crippen LogP contribution in [0.5, 0.6) is 0 Å². The first-order chi connectivity index (χ1) is 13.6. The highest BCUT2D eigenvalue weighted by Gasteiger charge is 2.18. The lowest BCUT2D eigenvalue weighted by atomic mass is 10.1. The number of hydrogen-bond acceptors (Lipinski definition) is 6. The van der Waals surface area contributed by atoms with E-state index in [1.165, 1.54) is 6.20 Å². The number of hydrogen-bond donors (Lipinski definition) is 2. The molecule has 1 heterocycles. The van der Waals surface area contributed by atoms with Gasteiger partial charge in [0, 0.05) is 29.9 Å². The summed E-state index contributed by atoms with van der Waals surface area (Å²) in [7, 11) is 1.55. The predicted octanol–water partition coefficient (Wildman–Crippen LogP) is 3.39. The van der Waals surface area contributed by atoms with Gasteiger partial charge in [0.2, 0.25) is 0 Å². The third-order valence-corrected chi connectivity index (χ3v) is 4.14. The quantitative estimate of drug-likeness (QED) is 0.664. The normalized spacial score (nSPS) is 10.2. The largest absolute Gasteiger partial charge is 0.462 e. The number of nitrogens with zero attached hydrogens (tertiary/aromatic N) is 2. The van der Waals surface area contributed by atoms with Crippen LogP contribution in [0.2, 0.25) is 0 Å². The number of benzene rings is 2. The summed E-state index contributed by atoms with van der Waals surface area (Å²) in [6.07, 6.45) is 1.45. The first-order valence-electron chi connectivity index (χ1n) is 8.66. The summed E-state index contributed by atoms with van der Waals surface area (Å²) in [6, 6.07) is 14.0. The monoisotopic (exact) mass is 374 g/mol. The molecule has 140 valence electrons. The van der Waals surface area contributed by atoms with Crippen LogP contribution in [0.3, 0.4) is 0 Å². The Morgan fingerprint density at radius 3 is 2.57 bits per heavy atom. The highest BCUT2D eigenvalue weighted by molar-refractivity contribution is 6.08. The number of nitrogens with one attached hydrogen (secondary N) is 2. The summed E-state index contributed by atoms with van der Waals surface area (Å²) in [4.78, 5) is 28.8. The Hall–Kier alpha value is -3.92. The van der Waals surface area contributed by atoms with Crippen molar-refractivity contribution in [2.45, 2.75) is 6.92 Å². The van der Waals surface area contributed by atoms with E-state index >= 15 is 0 Å². The molecule has 0 aliphatic heterocycles. The maximum absolute atomic E-state index is 12.5. The molecule has 0 atom stereocenters. The van der Waals surface area contributed by atoms with Crippen LogP contribution in [0.1, 0.15) is 33.2 Å². The third-order valence-electron chi connectivity index (χ3n) is 4.14. The number of carbonyl (C=O) groups is 2. The van der Waals surface area contributed by atoms with Crippen molar-refractivity contribution in [1.82, 2.24) is 10.3 Å². The Labute approximate surface area is 162 Å². The van der Waals surface area contributed by atoms with Crippen molar-refractivity contribution in [3.8, 4) is 6.07 Å². The van der Waals surface area contributed by atoms with Gasteiger partial charge in [0.05, 0.1) is 29.4 Å². The summed E-state index contributed by atoms with van der Waals surface area (Å²) in [6.45, 7) is 1.95. The number of aromatic nitrogens is 1. The Morgan fingerprint density at radius 1 is 1.18 bits per heavy atom. The summed E-state index contributed by atoms with van der Waals surface area (Å²) < 4.78 is 5.15. The Morgan fingerprint density at radius 2 is 1.93 bits per heavy atom. The number of anilines is 2. The Balaban J connectivity index is 2.17. The van der Waals surface area contributed by atoms with E-state index in [1.54, 1.807) is 56.4 Å². The van der Waals surface area contributed by atoms with Gasteiger partial charge in [-0.15, -0.1) is 0 Å². The maximum Gasteiger partial charge on any atom is 0.341 e. The smallest absolute Gasteiger partial charge is 0.341 e. The lowest BCUT2D eigenvalue weighted by Crippen LogP contribution is -2.17. The summed E-state index contributed by atoms with van der Waals surface area (Å²) >= 11 is 0. The minimum Gasteiger partial charge on any atom is -0.462 e. The van der Waals surface area contributed by atoms with E-state index in [-0.39, 0.29) is 18.1 Å².